The van der Waals surface area contributed by atoms with Crippen LogP contribution in [0, 0.1) is 0 Å². The minimum atomic E-state index is -3.78. The molecule has 0 spiro atoms. The Hall–Kier alpha value is -2.71. The van der Waals surface area contributed by atoms with Crippen molar-refractivity contribution < 1.29 is 13.2 Å². The second kappa shape index (κ2) is 7.21. The molecular weight excluding hydrogens is 418 g/mol. The molecule has 0 saturated carbocycles. The molecule has 0 N–H and O–H groups in total. The molecule has 2 aliphatic rings. The van der Waals surface area contributed by atoms with Crippen molar-refractivity contribution in [1.82, 2.24) is 4.98 Å². The molecule has 3 aromatic rings. The number of benzene rings is 2. The lowest BCUT2D eigenvalue weighted by Crippen LogP contribution is -2.42. The van der Waals surface area contributed by atoms with Gasteiger partial charge < -0.3 is 0 Å². The molecule has 5 rings (SSSR count). The number of thiazole rings is 1. The van der Waals surface area contributed by atoms with Gasteiger partial charge in [-0.25, -0.2) is 13.4 Å². The van der Waals surface area contributed by atoms with Gasteiger partial charge in [-0.05, 0) is 43.2 Å². The highest BCUT2D eigenvalue weighted by Gasteiger charge is 2.37. The first-order valence-electron chi connectivity index (χ1n) is 9.95. The number of carbonyl (C=O) groups excluding carboxylic acids is 1. The van der Waals surface area contributed by atoms with Gasteiger partial charge in [-0.2, -0.15) is 0 Å². The Balaban J connectivity index is 1.50. The van der Waals surface area contributed by atoms with Crippen molar-refractivity contribution in [1.29, 1.82) is 0 Å². The minimum Gasteiger partial charge on any atom is -0.283 e. The third-order valence-electron chi connectivity index (χ3n) is 5.64. The topological polar surface area (TPSA) is 70.6 Å². The zero-order valence-electron chi connectivity index (χ0n) is 16.4. The molecule has 0 saturated heterocycles. The molecule has 30 heavy (non-hydrogen) atoms. The molecule has 1 amide bonds. The van der Waals surface area contributed by atoms with Crippen LogP contribution in [0.25, 0.3) is 10.8 Å². The smallest absolute Gasteiger partial charge is 0.265 e. The predicted octanol–water partition coefficient (Wildman–Crippen LogP) is 3.90. The second-order valence-electron chi connectivity index (χ2n) is 7.51. The van der Waals surface area contributed by atoms with Crippen molar-refractivity contribution >= 4 is 48.9 Å². The van der Waals surface area contributed by atoms with E-state index in [1.165, 1.54) is 20.5 Å². The van der Waals surface area contributed by atoms with Crippen molar-refractivity contribution in [3.05, 3.63) is 59.6 Å². The van der Waals surface area contributed by atoms with Crippen molar-refractivity contribution in [2.75, 3.05) is 22.3 Å². The first-order valence-corrected chi connectivity index (χ1v) is 12.2. The monoisotopic (exact) mass is 439 g/mol. The van der Waals surface area contributed by atoms with Gasteiger partial charge in [0.25, 0.3) is 10.0 Å². The third kappa shape index (κ3) is 2.94. The van der Waals surface area contributed by atoms with E-state index in [2.05, 4.69) is 11.6 Å². The van der Waals surface area contributed by atoms with Crippen LogP contribution in [-0.4, -0.2) is 32.4 Å². The molecule has 1 aliphatic carbocycles. The van der Waals surface area contributed by atoms with Crippen molar-refractivity contribution in [3.8, 4) is 0 Å². The van der Waals surface area contributed by atoms with Gasteiger partial charge in [0.05, 0.1) is 16.3 Å². The van der Waals surface area contributed by atoms with E-state index in [4.69, 9.17) is 0 Å². The molecule has 0 radical (unpaired) electrons. The first-order chi connectivity index (χ1) is 14.5. The number of rotatable bonds is 5. The lowest BCUT2D eigenvalue weighted by atomic mass is 10.0. The van der Waals surface area contributed by atoms with E-state index >= 15 is 0 Å². The fraction of sp³-hybridized carbons (Fsp3) is 0.273. The summed E-state index contributed by atoms with van der Waals surface area (Å²) in [4.78, 5) is 21.0. The molecule has 2 heterocycles. The number of anilines is 2. The number of carbonyl (C=O) groups is 1. The van der Waals surface area contributed by atoms with Crippen LogP contribution in [0.5, 0.6) is 0 Å². The normalized spacial score (nSPS) is 16.5. The summed E-state index contributed by atoms with van der Waals surface area (Å²) in [5.74, 6) is -0.311. The number of hydrogen-bond donors (Lipinski definition) is 0. The van der Waals surface area contributed by atoms with Crippen molar-refractivity contribution in [2.45, 2.75) is 30.6 Å². The quantitative estimate of drug-likeness (QED) is 0.565. The highest BCUT2D eigenvalue weighted by molar-refractivity contribution is 7.93. The maximum absolute atomic E-state index is 13.3. The minimum absolute atomic E-state index is 0.253. The molecule has 6 nitrogen and oxygen atoms in total. The number of amides is 1. The first kappa shape index (κ1) is 19.3. The molecule has 0 bridgehead atoms. The highest BCUT2D eigenvalue weighted by atomic mass is 32.2. The molecule has 1 aliphatic heterocycles. The maximum atomic E-state index is 13.3. The average molecular weight is 440 g/mol. The van der Waals surface area contributed by atoms with E-state index in [9.17, 15) is 13.2 Å². The SMILES string of the molecule is C=CCN(C(=O)CN1c2cccc3cccc(c23)S1(=O)=O)c1nc2c(s1)CCCC2. The molecule has 0 atom stereocenters. The Morgan fingerprint density at radius 1 is 1.20 bits per heavy atom. The van der Waals surface area contributed by atoms with E-state index in [-0.39, 0.29) is 23.9 Å². The van der Waals surface area contributed by atoms with Crippen molar-refractivity contribution in [2.24, 2.45) is 0 Å². The van der Waals surface area contributed by atoms with Crippen LogP contribution in [0.2, 0.25) is 0 Å². The summed E-state index contributed by atoms with van der Waals surface area (Å²) >= 11 is 1.53. The summed E-state index contributed by atoms with van der Waals surface area (Å²) in [7, 11) is -3.78. The van der Waals surface area contributed by atoms with Crippen LogP contribution in [0.1, 0.15) is 23.4 Å². The molecular formula is C22H21N3O3S2. The second-order valence-corrected chi connectivity index (χ2v) is 10.4. The summed E-state index contributed by atoms with van der Waals surface area (Å²) in [6.45, 7) is 3.78. The molecule has 1 aromatic heterocycles. The Morgan fingerprint density at radius 3 is 2.73 bits per heavy atom. The van der Waals surface area contributed by atoms with Crippen LogP contribution in [0.3, 0.4) is 0 Å². The predicted molar refractivity (Wildman–Crippen MR) is 120 cm³/mol. The van der Waals surface area contributed by atoms with Gasteiger partial charge in [-0.15, -0.1) is 17.9 Å². The summed E-state index contributed by atoms with van der Waals surface area (Å²) in [6, 6.07) is 10.7. The lowest BCUT2D eigenvalue weighted by Gasteiger charge is -2.23. The molecule has 2 aromatic carbocycles. The van der Waals surface area contributed by atoms with Gasteiger partial charge in [0.1, 0.15) is 6.54 Å². The fourth-order valence-corrected chi connectivity index (χ4v) is 7.04. The maximum Gasteiger partial charge on any atom is 0.265 e. The van der Waals surface area contributed by atoms with E-state index < -0.39 is 10.0 Å². The van der Waals surface area contributed by atoms with Crippen LogP contribution in [0.4, 0.5) is 10.8 Å². The average Bonchev–Trinajstić information content (AvgIpc) is 3.26. The number of aryl methyl sites for hydroxylation is 2. The Bertz CT molecular complexity index is 1250. The lowest BCUT2D eigenvalue weighted by molar-refractivity contribution is -0.117. The van der Waals surface area contributed by atoms with E-state index in [0.717, 1.165) is 36.8 Å². The largest absolute Gasteiger partial charge is 0.283 e. The van der Waals surface area contributed by atoms with E-state index in [1.54, 1.807) is 29.2 Å². The van der Waals surface area contributed by atoms with E-state index in [1.807, 2.05) is 18.2 Å². The fourth-order valence-electron chi connectivity index (χ4n) is 4.21. The molecule has 154 valence electrons. The molecule has 8 heteroatoms. The number of fused-ring (bicyclic) bond motifs is 1. The van der Waals surface area contributed by atoms with Crippen LogP contribution in [-0.2, 0) is 27.7 Å². The summed E-state index contributed by atoms with van der Waals surface area (Å²) in [6.07, 6.45) is 5.81. The zero-order chi connectivity index (χ0) is 20.9. The van der Waals surface area contributed by atoms with Gasteiger partial charge in [0.2, 0.25) is 5.91 Å². The number of aromatic nitrogens is 1. The standard InChI is InChI=1S/C22H21N3O3S2/c1-2-13-24(22-23-16-9-3-4-11-18(16)29-22)20(26)14-25-17-10-5-7-15-8-6-12-19(21(15)17)30(25,27)28/h2,5-8,10,12H,1,3-4,9,11,13-14H2. The van der Waals surface area contributed by atoms with Gasteiger partial charge in [0, 0.05) is 16.8 Å². The number of sulfonamides is 1. The zero-order valence-corrected chi connectivity index (χ0v) is 18.0. The van der Waals surface area contributed by atoms with Crippen LogP contribution >= 0.6 is 11.3 Å². The van der Waals surface area contributed by atoms with Crippen LogP contribution < -0.4 is 9.21 Å². The van der Waals surface area contributed by atoms with Crippen molar-refractivity contribution in [3.63, 3.8) is 0 Å². The number of nitrogens with zero attached hydrogens (tertiary/aromatic N) is 3. The van der Waals surface area contributed by atoms with Gasteiger partial charge >= 0.3 is 0 Å². The number of hydrogen-bond acceptors (Lipinski definition) is 5. The van der Waals surface area contributed by atoms with Gasteiger partial charge in [-0.3, -0.25) is 14.0 Å². The van der Waals surface area contributed by atoms with Gasteiger partial charge in [-0.1, -0.05) is 30.3 Å². The Kier molecular flexibility index (Phi) is 4.63. The van der Waals surface area contributed by atoms with Gasteiger partial charge in [0.15, 0.2) is 5.13 Å². The Morgan fingerprint density at radius 2 is 1.97 bits per heavy atom. The molecule has 0 fully saturated rings. The van der Waals surface area contributed by atoms with Crippen LogP contribution in [0.15, 0.2) is 53.9 Å². The summed E-state index contributed by atoms with van der Waals surface area (Å²) < 4.78 is 27.6. The summed E-state index contributed by atoms with van der Waals surface area (Å²) in [5, 5.41) is 2.14. The third-order valence-corrected chi connectivity index (χ3v) is 8.62. The molecule has 0 unspecified atom stereocenters. The van der Waals surface area contributed by atoms with E-state index in [0.29, 0.717) is 16.2 Å². The Labute approximate surface area is 179 Å². The summed E-state index contributed by atoms with van der Waals surface area (Å²) in [5.41, 5.74) is 1.61. The highest BCUT2D eigenvalue weighted by Crippen LogP contribution is 2.42.